The Morgan fingerprint density at radius 1 is 1.38 bits per heavy atom. The van der Waals surface area contributed by atoms with Crippen molar-refractivity contribution in [2.24, 2.45) is 0 Å². The van der Waals surface area contributed by atoms with Crippen LogP contribution in [-0.2, 0) is 9.84 Å². The second kappa shape index (κ2) is 7.13. The summed E-state index contributed by atoms with van der Waals surface area (Å²) in [4.78, 5) is 11.3. The Bertz CT molecular complexity index is 654. The molecule has 0 saturated carbocycles. The quantitative estimate of drug-likeness (QED) is 0.870. The SMILES string of the molecule is CC[C@@H](CC#N)NC(=O)c1ccccc1S(=O)(=O)C(F)F. The van der Waals surface area contributed by atoms with Gasteiger partial charge in [0.1, 0.15) is 0 Å². The molecule has 1 N–H and O–H groups in total. The molecule has 0 bridgehead atoms. The molecule has 0 radical (unpaired) electrons. The van der Waals surface area contributed by atoms with Crippen molar-refractivity contribution in [2.75, 3.05) is 0 Å². The molecule has 1 amide bonds. The molecule has 21 heavy (non-hydrogen) atoms. The first-order valence-electron chi connectivity index (χ1n) is 6.13. The number of hydrogen-bond donors (Lipinski definition) is 1. The molecular formula is C13H14F2N2O3S. The van der Waals surface area contributed by atoms with Crippen molar-refractivity contribution < 1.29 is 22.0 Å². The summed E-state index contributed by atoms with van der Waals surface area (Å²) in [6.07, 6.45) is 0.509. The van der Waals surface area contributed by atoms with E-state index < -0.39 is 32.4 Å². The zero-order valence-electron chi connectivity index (χ0n) is 11.2. The van der Waals surface area contributed by atoms with E-state index in [2.05, 4.69) is 5.32 Å². The molecule has 0 aliphatic heterocycles. The summed E-state index contributed by atoms with van der Waals surface area (Å²) in [5.74, 6) is -4.40. The summed E-state index contributed by atoms with van der Waals surface area (Å²) in [5, 5.41) is 11.1. The van der Waals surface area contributed by atoms with Crippen molar-refractivity contribution in [3.05, 3.63) is 29.8 Å². The molecule has 0 fully saturated rings. The van der Waals surface area contributed by atoms with E-state index in [0.29, 0.717) is 6.42 Å². The third-order valence-corrected chi connectivity index (χ3v) is 4.28. The standard InChI is InChI=1S/C13H14F2N2O3S/c1-2-9(7-8-16)17-12(18)10-5-3-4-6-11(10)21(19,20)13(14)15/h3-6,9,13H,2,7H2,1H3,(H,17,18)/t9-/m0/s1. The van der Waals surface area contributed by atoms with Gasteiger partial charge in [0.2, 0.25) is 9.84 Å². The van der Waals surface area contributed by atoms with Gasteiger partial charge in [-0.1, -0.05) is 19.1 Å². The Morgan fingerprint density at radius 3 is 2.52 bits per heavy atom. The fourth-order valence-corrected chi connectivity index (χ4v) is 2.60. The molecule has 1 aromatic carbocycles. The van der Waals surface area contributed by atoms with E-state index in [1.807, 2.05) is 6.07 Å². The number of hydrogen-bond acceptors (Lipinski definition) is 4. The third-order valence-electron chi connectivity index (χ3n) is 2.84. The Labute approximate surface area is 121 Å². The van der Waals surface area contributed by atoms with Gasteiger partial charge in [-0.15, -0.1) is 0 Å². The predicted molar refractivity (Wildman–Crippen MR) is 71.4 cm³/mol. The molecule has 1 atom stereocenters. The van der Waals surface area contributed by atoms with Gasteiger partial charge in [-0.3, -0.25) is 4.79 Å². The van der Waals surface area contributed by atoms with Crippen molar-refractivity contribution >= 4 is 15.7 Å². The van der Waals surface area contributed by atoms with Crippen LogP contribution in [-0.4, -0.2) is 26.1 Å². The smallest absolute Gasteiger partial charge is 0.341 e. The molecular weight excluding hydrogens is 302 g/mol. The number of nitriles is 1. The largest absolute Gasteiger partial charge is 0.348 e. The van der Waals surface area contributed by atoms with E-state index in [1.54, 1.807) is 6.92 Å². The molecule has 0 heterocycles. The second-order valence-corrected chi connectivity index (χ2v) is 6.13. The number of nitrogens with one attached hydrogen (secondary N) is 1. The molecule has 114 valence electrons. The van der Waals surface area contributed by atoms with Gasteiger partial charge < -0.3 is 5.32 Å². The zero-order valence-corrected chi connectivity index (χ0v) is 12.0. The number of nitrogens with zero attached hydrogens (tertiary/aromatic N) is 1. The van der Waals surface area contributed by atoms with Crippen molar-refractivity contribution in [1.82, 2.24) is 5.32 Å². The lowest BCUT2D eigenvalue weighted by molar-refractivity contribution is 0.0933. The van der Waals surface area contributed by atoms with Gasteiger partial charge >= 0.3 is 5.76 Å². The Balaban J connectivity index is 3.15. The van der Waals surface area contributed by atoms with E-state index >= 15 is 0 Å². The van der Waals surface area contributed by atoms with Crippen LogP contribution in [0.3, 0.4) is 0 Å². The van der Waals surface area contributed by atoms with Crippen LogP contribution >= 0.6 is 0 Å². The highest BCUT2D eigenvalue weighted by Gasteiger charge is 2.31. The van der Waals surface area contributed by atoms with Gasteiger partial charge in [-0.2, -0.15) is 14.0 Å². The number of carbonyl (C=O) groups excluding carboxylic acids is 1. The first-order chi connectivity index (χ1) is 9.84. The summed E-state index contributed by atoms with van der Waals surface area (Å²) < 4.78 is 48.4. The second-order valence-electron chi connectivity index (χ2n) is 4.24. The molecule has 0 aliphatic carbocycles. The highest BCUT2D eigenvalue weighted by molar-refractivity contribution is 7.91. The third kappa shape index (κ3) is 3.98. The van der Waals surface area contributed by atoms with Crippen molar-refractivity contribution in [2.45, 2.75) is 36.5 Å². The molecule has 0 aromatic heterocycles. The fraction of sp³-hybridized carbons (Fsp3) is 0.385. The molecule has 5 nitrogen and oxygen atoms in total. The monoisotopic (exact) mass is 316 g/mol. The molecule has 0 unspecified atom stereocenters. The van der Waals surface area contributed by atoms with Gasteiger partial charge in [0.05, 0.1) is 22.9 Å². The van der Waals surface area contributed by atoms with E-state index in [4.69, 9.17) is 5.26 Å². The van der Waals surface area contributed by atoms with Crippen molar-refractivity contribution in [3.8, 4) is 6.07 Å². The van der Waals surface area contributed by atoms with E-state index in [-0.39, 0.29) is 12.0 Å². The van der Waals surface area contributed by atoms with Crippen LogP contribution in [0, 0.1) is 11.3 Å². The van der Waals surface area contributed by atoms with Gasteiger partial charge in [0.25, 0.3) is 5.91 Å². The zero-order chi connectivity index (χ0) is 16.0. The van der Waals surface area contributed by atoms with Crippen molar-refractivity contribution in [1.29, 1.82) is 5.26 Å². The molecule has 1 rings (SSSR count). The number of benzene rings is 1. The lowest BCUT2D eigenvalue weighted by atomic mass is 10.1. The molecule has 0 spiro atoms. The van der Waals surface area contributed by atoms with Crippen LogP contribution < -0.4 is 5.32 Å². The number of alkyl halides is 2. The Hall–Kier alpha value is -2.01. The van der Waals surface area contributed by atoms with Gasteiger partial charge in [-0.25, -0.2) is 8.42 Å². The van der Waals surface area contributed by atoms with Crippen LogP contribution in [0.2, 0.25) is 0 Å². The lowest BCUT2D eigenvalue weighted by Crippen LogP contribution is -2.35. The summed E-state index contributed by atoms with van der Waals surface area (Å²) >= 11 is 0. The number of carbonyl (C=O) groups is 1. The minimum atomic E-state index is -4.87. The van der Waals surface area contributed by atoms with E-state index in [1.165, 1.54) is 12.1 Å². The van der Waals surface area contributed by atoms with Crippen LogP contribution in [0.15, 0.2) is 29.2 Å². The highest BCUT2D eigenvalue weighted by atomic mass is 32.2. The Kier molecular flexibility index (Phi) is 5.79. The summed E-state index contributed by atoms with van der Waals surface area (Å²) in [6.45, 7) is 1.74. The minimum Gasteiger partial charge on any atom is -0.348 e. The number of sulfone groups is 1. The van der Waals surface area contributed by atoms with Crippen LogP contribution in [0.4, 0.5) is 8.78 Å². The normalized spacial score (nSPS) is 12.7. The van der Waals surface area contributed by atoms with Crippen LogP contribution in [0.1, 0.15) is 30.1 Å². The molecule has 0 aliphatic rings. The lowest BCUT2D eigenvalue weighted by Gasteiger charge is -2.15. The first kappa shape index (κ1) is 17.0. The van der Waals surface area contributed by atoms with Gasteiger partial charge in [0, 0.05) is 6.04 Å². The van der Waals surface area contributed by atoms with Crippen molar-refractivity contribution in [3.63, 3.8) is 0 Å². The summed E-state index contributed by atoms with van der Waals surface area (Å²) in [6, 6.07) is 6.18. The average molecular weight is 316 g/mol. The highest BCUT2D eigenvalue weighted by Crippen LogP contribution is 2.22. The van der Waals surface area contributed by atoms with Gasteiger partial charge in [0.15, 0.2) is 0 Å². The molecule has 1 aromatic rings. The summed E-state index contributed by atoms with van der Waals surface area (Å²) in [5.41, 5.74) is -0.353. The molecule has 8 heteroatoms. The maximum absolute atomic E-state index is 12.6. The fourth-order valence-electron chi connectivity index (χ4n) is 1.67. The minimum absolute atomic E-state index is 0.0476. The Morgan fingerprint density at radius 2 is 2.00 bits per heavy atom. The predicted octanol–water partition coefficient (Wildman–Crippen LogP) is 2.10. The number of amides is 1. The van der Waals surface area contributed by atoms with E-state index in [0.717, 1.165) is 12.1 Å². The number of halogens is 2. The van der Waals surface area contributed by atoms with Crippen LogP contribution in [0.25, 0.3) is 0 Å². The van der Waals surface area contributed by atoms with Gasteiger partial charge in [-0.05, 0) is 18.6 Å². The average Bonchev–Trinajstić information content (AvgIpc) is 2.46. The molecule has 0 saturated heterocycles. The maximum Gasteiger partial charge on any atom is 0.341 e. The topological polar surface area (TPSA) is 87.0 Å². The first-order valence-corrected chi connectivity index (χ1v) is 7.68. The number of rotatable bonds is 6. The van der Waals surface area contributed by atoms with E-state index in [9.17, 15) is 22.0 Å². The van der Waals surface area contributed by atoms with Crippen LogP contribution in [0.5, 0.6) is 0 Å². The maximum atomic E-state index is 12.6. The summed E-state index contributed by atoms with van der Waals surface area (Å²) in [7, 11) is -4.87.